The number of fused-ring (bicyclic) bond motifs is 1. The van der Waals surface area contributed by atoms with Crippen molar-refractivity contribution in [2.45, 2.75) is 57.4 Å². The van der Waals surface area contributed by atoms with Gasteiger partial charge in [0.25, 0.3) is 0 Å². The standard InChI is InChI=1S/C37H38O9/c1-37(2)27-19-18-26(28(37)20-27)22-42-36-32(46-35(41)25-16-10-5-11-17-25)31(45-34(40)24-14-8-4-9-15-24)30(29(21-38)43-36)44-33(39)23-12-6-3-7-13-23/h3-18,27-32,36,38H,19-22H2,1-2H3/t27-,28-,29+,30+,31-,32+,36+/m0/s1. The van der Waals surface area contributed by atoms with Crippen LogP contribution in [0.2, 0.25) is 0 Å². The van der Waals surface area contributed by atoms with Gasteiger partial charge in [-0.25, -0.2) is 14.4 Å². The third-order valence-corrected chi connectivity index (χ3v) is 9.53. The Hall–Kier alpha value is -4.31. The Morgan fingerprint density at radius 3 is 1.67 bits per heavy atom. The van der Waals surface area contributed by atoms with Crippen molar-refractivity contribution >= 4 is 17.9 Å². The predicted octanol–water partition coefficient (Wildman–Crippen LogP) is 5.39. The molecule has 1 N–H and O–H groups in total. The van der Waals surface area contributed by atoms with Crippen LogP contribution in [0.4, 0.5) is 0 Å². The van der Waals surface area contributed by atoms with Crippen molar-refractivity contribution in [3.8, 4) is 0 Å². The highest BCUT2D eigenvalue weighted by molar-refractivity contribution is 5.91. The molecule has 1 aliphatic heterocycles. The molecule has 7 atom stereocenters. The first-order valence-corrected chi connectivity index (χ1v) is 15.6. The van der Waals surface area contributed by atoms with Gasteiger partial charge in [-0.1, -0.05) is 74.5 Å². The van der Waals surface area contributed by atoms with Crippen LogP contribution in [0.15, 0.2) is 103 Å². The summed E-state index contributed by atoms with van der Waals surface area (Å²) in [5.41, 5.74) is 2.02. The highest BCUT2D eigenvalue weighted by Gasteiger charge is 2.54. The fourth-order valence-corrected chi connectivity index (χ4v) is 6.68. The Morgan fingerprint density at radius 1 is 0.739 bits per heavy atom. The highest BCUT2D eigenvalue weighted by atomic mass is 16.7. The Kier molecular flexibility index (Phi) is 9.35. The van der Waals surface area contributed by atoms with E-state index in [4.69, 9.17) is 23.7 Å². The second-order valence-electron chi connectivity index (χ2n) is 12.6. The molecular weight excluding hydrogens is 588 g/mol. The molecule has 7 rings (SSSR count). The van der Waals surface area contributed by atoms with Crippen molar-refractivity contribution in [3.05, 3.63) is 119 Å². The highest BCUT2D eigenvalue weighted by Crippen LogP contribution is 2.59. The number of carbonyl (C=O) groups is 3. The van der Waals surface area contributed by atoms with E-state index in [0.29, 0.717) is 11.8 Å². The number of hydrogen-bond acceptors (Lipinski definition) is 9. The molecule has 4 aliphatic rings. The van der Waals surface area contributed by atoms with E-state index < -0.39 is 55.2 Å². The number of esters is 3. The van der Waals surface area contributed by atoms with E-state index in [0.717, 1.165) is 18.4 Å². The van der Waals surface area contributed by atoms with Crippen LogP contribution in [0, 0.1) is 17.3 Å². The summed E-state index contributed by atoms with van der Waals surface area (Å²) < 4.78 is 30.4. The zero-order chi connectivity index (χ0) is 32.3. The van der Waals surface area contributed by atoms with Gasteiger partial charge in [-0.3, -0.25) is 0 Å². The van der Waals surface area contributed by atoms with Gasteiger partial charge in [0.05, 0.1) is 29.9 Å². The summed E-state index contributed by atoms with van der Waals surface area (Å²) >= 11 is 0. The fraction of sp³-hybridized carbons (Fsp3) is 0.378. The molecule has 3 aromatic rings. The third-order valence-electron chi connectivity index (χ3n) is 9.53. The van der Waals surface area contributed by atoms with Crippen LogP contribution in [0.5, 0.6) is 0 Å². The molecule has 240 valence electrons. The second kappa shape index (κ2) is 13.6. The first kappa shape index (κ1) is 31.7. The molecule has 2 bridgehead atoms. The van der Waals surface area contributed by atoms with Gasteiger partial charge in [0.1, 0.15) is 6.10 Å². The van der Waals surface area contributed by atoms with Crippen LogP contribution < -0.4 is 0 Å². The average molecular weight is 627 g/mol. The van der Waals surface area contributed by atoms with E-state index in [1.807, 2.05) is 0 Å². The van der Waals surface area contributed by atoms with E-state index in [2.05, 4.69) is 19.9 Å². The second-order valence-corrected chi connectivity index (χ2v) is 12.6. The minimum absolute atomic E-state index is 0.151. The van der Waals surface area contributed by atoms with Crippen LogP contribution in [0.1, 0.15) is 57.8 Å². The van der Waals surface area contributed by atoms with Gasteiger partial charge < -0.3 is 28.8 Å². The summed E-state index contributed by atoms with van der Waals surface area (Å²) in [4.78, 5) is 40.2. The lowest BCUT2D eigenvalue weighted by Gasteiger charge is -2.56. The topological polar surface area (TPSA) is 118 Å². The van der Waals surface area contributed by atoms with Gasteiger partial charge >= 0.3 is 17.9 Å². The zero-order valence-corrected chi connectivity index (χ0v) is 25.8. The summed E-state index contributed by atoms with van der Waals surface area (Å²) in [5.74, 6) is -1.19. The number of aliphatic hydroxyl groups is 1. The molecule has 0 radical (unpaired) electrons. The fourth-order valence-electron chi connectivity index (χ4n) is 6.68. The molecule has 1 saturated carbocycles. The summed E-state index contributed by atoms with van der Waals surface area (Å²) in [5, 5.41) is 10.5. The van der Waals surface area contributed by atoms with E-state index in [1.54, 1.807) is 91.0 Å². The Balaban J connectivity index is 1.34. The molecule has 1 heterocycles. The minimum Gasteiger partial charge on any atom is -0.452 e. The smallest absolute Gasteiger partial charge is 0.338 e. The van der Waals surface area contributed by atoms with E-state index >= 15 is 0 Å². The predicted molar refractivity (Wildman–Crippen MR) is 167 cm³/mol. The summed E-state index contributed by atoms with van der Waals surface area (Å²) in [6.07, 6.45) is -2.30. The molecule has 46 heavy (non-hydrogen) atoms. The molecular formula is C37H38O9. The first-order valence-electron chi connectivity index (χ1n) is 15.6. The Bertz CT molecular complexity index is 1550. The minimum atomic E-state index is -1.39. The monoisotopic (exact) mass is 626 g/mol. The zero-order valence-electron chi connectivity index (χ0n) is 25.8. The molecule has 9 nitrogen and oxygen atoms in total. The molecule has 0 unspecified atom stereocenters. The quantitative estimate of drug-likeness (QED) is 0.180. The molecule has 0 amide bonds. The molecule has 3 aromatic carbocycles. The average Bonchev–Trinajstić information content (AvgIpc) is 3.10. The lowest BCUT2D eigenvalue weighted by molar-refractivity contribution is -0.297. The van der Waals surface area contributed by atoms with Crippen molar-refractivity contribution in [1.29, 1.82) is 0 Å². The SMILES string of the molecule is CC1(C)[C@H]2CC=C(CO[C@@H]3O[C@H](CO)[C@@H](OC(=O)c4ccccc4)[C@H](OC(=O)c4ccccc4)[C@H]3OC(=O)c3ccccc3)[C@@H]1C2. The first-order chi connectivity index (χ1) is 22.3. The number of carbonyl (C=O) groups excluding carboxylic acids is 3. The van der Waals surface area contributed by atoms with Gasteiger partial charge in [-0.2, -0.15) is 0 Å². The van der Waals surface area contributed by atoms with E-state index in [9.17, 15) is 19.5 Å². The summed E-state index contributed by atoms with van der Waals surface area (Å²) in [6.45, 7) is 4.11. The van der Waals surface area contributed by atoms with Crippen molar-refractivity contribution in [2.24, 2.45) is 17.3 Å². The molecule has 2 fully saturated rings. The Morgan fingerprint density at radius 2 is 1.22 bits per heavy atom. The van der Waals surface area contributed by atoms with Gasteiger partial charge in [0, 0.05) is 0 Å². The maximum absolute atomic E-state index is 13.5. The van der Waals surface area contributed by atoms with Gasteiger partial charge in [-0.15, -0.1) is 0 Å². The summed E-state index contributed by atoms with van der Waals surface area (Å²) in [7, 11) is 0. The largest absolute Gasteiger partial charge is 0.452 e. The van der Waals surface area contributed by atoms with Crippen molar-refractivity contribution in [2.75, 3.05) is 13.2 Å². The lowest BCUT2D eigenvalue weighted by Crippen LogP contribution is -2.63. The van der Waals surface area contributed by atoms with Gasteiger partial charge in [-0.05, 0) is 72.1 Å². The number of aliphatic hydroxyl groups excluding tert-OH is 1. The van der Waals surface area contributed by atoms with Crippen LogP contribution in [-0.2, 0) is 23.7 Å². The molecule has 0 spiro atoms. The number of benzene rings is 3. The Labute approximate surface area is 268 Å². The van der Waals surface area contributed by atoms with E-state index in [-0.39, 0.29) is 28.7 Å². The van der Waals surface area contributed by atoms with Crippen LogP contribution in [0.25, 0.3) is 0 Å². The normalized spacial score (nSPS) is 27.8. The number of ether oxygens (including phenoxy) is 5. The molecule has 3 aliphatic carbocycles. The van der Waals surface area contributed by atoms with Crippen molar-refractivity contribution in [1.82, 2.24) is 0 Å². The van der Waals surface area contributed by atoms with Crippen LogP contribution >= 0.6 is 0 Å². The van der Waals surface area contributed by atoms with Gasteiger partial charge in [0.2, 0.25) is 0 Å². The van der Waals surface area contributed by atoms with Gasteiger partial charge in [0.15, 0.2) is 24.6 Å². The maximum Gasteiger partial charge on any atom is 0.338 e. The summed E-state index contributed by atoms with van der Waals surface area (Å²) in [6, 6.07) is 24.9. The lowest BCUT2D eigenvalue weighted by atomic mass is 9.49. The third kappa shape index (κ3) is 6.49. The molecule has 9 heteroatoms. The molecule has 1 saturated heterocycles. The number of allylic oxidation sites excluding steroid dienone is 1. The number of hydrogen-bond donors (Lipinski definition) is 1. The molecule has 0 aromatic heterocycles. The maximum atomic E-state index is 13.5. The van der Waals surface area contributed by atoms with E-state index in [1.165, 1.54) is 0 Å². The van der Waals surface area contributed by atoms with Crippen LogP contribution in [0.3, 0.4) is 0 Å². The van der Waals surface area contributed by atoms with Crippen LogP contribution in [-0.4, -0.2) is 66.9 Å². The number of rotatable bonds is 10. The van der Waals surface area contributed by atoms with Crippen molar-refractivity contribution in [3.63, 3.8) is 0 Å². The van der Waals surface area contributed by atoms with Crippen molar-refractivity contribution < 1.29 is 43.2 Å².